The molecule has 0 bridgehead atoms. The second kappa shape index (κ2) is 11.5. The molecule has 1 N–H and O–H groups in total. The van der Waals surface area contributed by atoms with Crippen LogP contribution in [0.25, 0.3) is 0 Å². The number of nitrogens with zero attached hydrogens (tertiary/aromatic N) is 1. The zero-order valence-corrected chi connectivity index (χ0v) is 19.8. The summed E-state index contributed by atoms with van der Waals surface area (Å²) < 4.78 is 24.6. The Kier molecular flexibility index (Phi) is 8.76. The van der Waals surface area contributed by atoms with Crippen LogP contribution in [0.3, 0.4) is 0 Å². The maximum absolute atomic E-state index is 13.2. The van der Waals surface area contributed by atoms with Crippen molar-refractivity contribution in [2.24, 2.45) is 11.8 Å². The molecular weight excluding hydrogens is 431 g/mol. The minimum Gasteiger partial charge on any atom is -0.489 e. The van der Waals surface area contributed by atoms with Gasteiger partial charge in [-0.05, 0) is 41.3 Å². The summed E-state index contributed by atoms with van der Waals surface area (Å²) in [5, 5.41) is 3.81. The number of carbonyl (C=O) groups is 1. The first-order valence-corrected chi connectivity index (χ1v) is 11.5. The molecule has 2 aromatic rings. The van der Waals surface area contributed by atoms with Crippen LogP contribution in [0.15, 0.2) is 36.4 Å². The van der Waals surface area contributed by atoms with Gasteiger partial charge >= 0.3 is 0 Å². The highest BCUT2D eigenvalue weighted by Crippen LogP contribution is 2.38. The number of ether oxygens (including phenoxy) is 2. The Morgan fingerprint density at radius 2 is 1.84 bits per heavy atom. The molecule has 3 rings (SSSR count). The van der Waals surface area contributed by atoms with Crippen LogP contribution in [0, 0.1) is 17.7 Å². The number of amides is 1. The molecule has 0 radical (unpaired) electrons. The van der Waals surface area contributed by atoms with E-state index in [-0.39, 0.29) is 17.6 Å². The van der Waals surface area contributed by atoms with Crippen molar-refractivity contribution in [3.05, 3.63) is 58.4 Å². The quantitative estimate of drug-likeness (QED) is 0.566. The van der Waals surface area contributed by atoms with Crippen molar-refractivity contribution in [1.82, 2.24) is 10.2 Å². The predicted octanol–water partition coefficient (Wildman–Crippen LogP) is 5.05. The van der Waals surface area contributed by atoms with Gasteiger partial charge in [0.25, 0.3) is 0 Å². The normalized spacial score (nSPS) is 14.2. The van der Waals surface area contributed by atoms with Gasteiger partial charge in [0.1, 0.15) is 5.82 Å². The lowest BCUT2D eigenvalue weighted by molar-refractivity contribution is -0.136. The standard InChI is InChI=1S/C25H32ClFN2O3/c1-17(2)15-29(16-20-11-22(26)24-23(12-20)31-9-4-10-32-24)25(30)18(3)13-28-14-19-5-7-21(27)8-6-19/h5-8,11-12,17-18,28H,4,9-10,13-16H2,1-3H3/t18-/m1/s1. The number of hydrogen-bond acceptors (Lipinski definition) is 4. The smallest absolute Gasteiger partial charge is 0.226 e. The Labute approximate surface area is 194 Å². The molecule has 5 nitrogen and oxygen atoms in total. The Hall–Kier alpha value is -2.31. The predicted molar refractivity (Wildman–Crippen MR) is 125 cm³/mol. The summed E-state index contributed by atoms with van der Waals surface area (Å²) in [6.45, 7) is 9.49. The average molecular weight is 463 g/mol. The topological polar surface area (TPSA) is 50.8 Å². The second-order valence-corrected chi connectivity index (χ2v) is 9.13. The number of benzene rings is 2. The molecule has 2 aromatic carbocycles. The molecule has 0 saturated carbocycles. The molecule has 0 saturated heterocycles. The van der Waals surface area contributed by atoms with Crippen molar-refractivity contribution >= 4 is 17.5 Å². The summed E-state index contributed by atoms with van der Waals surface area (Å²) in [4.78, 5) is 15.1. The van der Waals surface area contributed by atoms with Gasteiger partial charge in [0.15, 0.2) is 11.5 Å². The summed E-state index contributed by atoms with van der Waals surface area (Å²) in [6.07, 6.45) is 0.806. The lowest BCUT2D eigenvalue weighted by atomic mass is 10.1. The van der Waals surface area contributed by atoms with Gasteiger partial charge in [-0.2, -0.15) is 0 Å². The Morgan fingerprint density at radius 1 is 1.12 bits per heavy atom. The van der Waals surface area contributed by atoms with Gasteiger partial charge in [-0.15, -0.1) is 0 Å². The van der Waals surface area contributed by atoms with Crippen LogP contribution >= 0.6 is 11.6 Å². The second-order valence-electron chi connectivity index (χ2n) is 8.73. The van der Waals surface area contributed by atoms with E-state index in [1.807, 2.05) is 24.0 Å². The molecular formula is C25H32ClFN2O3. The van der Waals surface area contributed by atoms with E-state index >= 15 is 0 Å². The molecule has 32 heavy (non-hydrogen) atoms. The molecule has 0 spiro atoms. The van der Waals surface area contributed by atoms with E-state index < -0.39 is 0 Å². The highest BCUT2D eigenvalue weighted by molar-refractivity contribution is 6.32. The maximum Gasteiger partial charge on any atom is 0.226 e. The van der Waals surface area contributed by atoms with Crippen LogP contribution in [0.4, 0.5) is 4.39 Å². The highest BCUT2D eigenvalue weighted by Gasteiger charge is 2.23. The number of rotatable bonds is 9. The van der Waals surface area contributed by atoms with Gasteiger partial charge in [-0.25, -0.2) is 4.39 Å². The van der Waals surface area contributed by atoms with Crippen molar-refractivity contribution in [3.8, 4) is 11.5 Å². The molecule has 0 aliphatic carbocycles. The Balaban J connectivity index is 1.64. The first kappa shape index (κ1) is 24.3. The summed E-state index contributed by atoms with van der Waals surface area (Å²) in [6, 6.07) is 10.1. The monoisotopic (exact) mass is 462 g/mol. The van der Waals surface area contributed by atoms with Crippen molar-refractivity contribution in [1.29, 1.82) is 0 Å². The molecule has 0 aromatic heterocycles. The summed E-state index contributed by atoms with van der Waals surface area (Å²) >= 11 is 6.45. The molecule has 1 amide bonds. The van der Waals surface area contributed by atoms with Crippen molar-refractivity contribution in [2.45, 2.75) is 40.3 Å². The lowest BCUT2D eigenvalue weighted by Crippen LogP contribution is -2.40. The van der Waals surface area contributed by atoms with Crippen molar-refractivity contribution < 1.29 is 18.7 Å². The van der Waals surface area contributed by atoms with Crippen LogP contribution in [-0.2, 0) is 17.9 Å². The molecule has 1 heterocycles. The summed E-state index contributed by atoms with van der Waals surface area (Å²) in [5.74, 6) is 1.16. The van der Waals surface area contributed by atoms with Gasteiger partial charge in [0.05, 0.1) is 18.2 Å². The summed E-state index contributed by atoms with van der Waals surface area (Å²) in [5.41, 5.74) is 1.90. The van der Waals surface area contributed by atoms with Crippen LogP contribution in [0.5, 0.6) is 11.5 Å². The fourth-order valence-corrected chi connectivity index (χ4v) is 3.99. The van der Waals surface area contributed by atoms with Crippen molar-refractivity contribution in [3.63, 3.8) is 0 Å². The zero-order valence-electron chi connectivity index (χ0n) is 19.0. The van der Waals surface area contributed by atoms with Gasteiger partial charge in [0, 0.05) is 38.5 Å². The average Bonchev–Trinajstić information content (AvgIpc) is 2.99. The fourth-order valence-electron chi connectivity index (χ4n) is 3.70. The molecule has 0 fully saturated rings. The third-order valence-corrected chi connectivity index (χ3v) is 5.53. The Morgan fingerprint density at radius 3 is 2.56 bits per heavy atom. The third-order valence-electron chi connectivity index (χ3n) is 5.25. The number of carbonyl (C=O) groups excluding carboxylic acids is 1. The lowest BCUT2D eigenvalue weighted by Gasteiger charge is -2.28. The fraction of sp³-hybridized carbons (Fsp3) is 0.480. The molecule has 0 unspecified atom stereocenters. The molecule has 7 heteroatoms. The molecule has 1 aliphatic heterocycles. The van der Waals surface area contributed by atoms with E-state index in [9.17, 15) is 9.18 Å². The van der Waals surface area contributed by atoms with Crippen LogP contribution in [-0.4, -0.2) is 37.1 Å². The van der Waals surface area contributed by atoms with Gasteiger partial charge in [-0.1, -0.05) is 44.5 Å². The maximum atomic E-state index is 13.2. The van der Waals surface area contributed by atoms with Crippen molar-refractivity contribution in [2.75, 3.05) is 26.3 Å². The number of halogens is 2. The molecule has 1 aliphatic rings. The van der Waals surface area contributed by atoms with E-state index in [2.05, 4.69) is 19.2 Å². The summed E-state index contributed by atoms with van der Waals surface area (Å²) in [7, 11) is 0. The van der Waals surface area contributed by atoms with Gasteiger partial charge in [0.2, 0.25) is 5.91 Å². The van der Waals surface area contributed by atoms with Crippen LogP contribution in [0.2, 0.25) is 5.02 Å². The van der Waals surface area contributed by atoms with Crippen LogP contribution in [0.1, 0.15) is 38.3 Å². The van der Waals surface area contributed by atoms with E-state index in [0.717, 1.165) is 17.5 Å². The van der Waals surface area contributed by atoms with E-state index in [1.165, 1.54) is 12.1 Å². The molecule has 1 atom stereocenters. The zero-order chi connectivity index (χ0) is 23.1. The minimum atomic E-state index is -0.253. The first-order valence-electron chi connectivity index (χ1n) is 11.2. The van der Waals surface area contributed by atoms with E-state index in [4.69, 9.17) is 21.1 Å². The largest absolute Gasteiger partial charge is 0.489 e. The highest BCUT2D eigenvalue weighted by atomic mass is 35.5. The number of nitrogens with one attached hydrogen (secondary N) is 1. The third kappa shape index (κ3) is 6.84. The SMILES string of the molecule is CC(C)CN(Cc1cc(Cl)c2c(c1)OCCCO2)C(=O)[C@H](C)CNCc1ccc(F)cc1. The van der Waals surface area contributed by atoms with Crippen LogP contribution < -0.4 is 14.8 Å². The van der Waals surface area contributed by atoms with Gasteiger partial charge < -0.3 is 19.7 Å². The number of fused-ring (bicyclic) bond motifs is 1. The van der Waals surface area contributed by atoms with E-state index in [1.54, 1.807) is 12.1 Å². The van der Waals surface area contributed by atoms with E-state index in [0.29, 0.717) is 61.8 Å². The minimum absolute atomic E-state index is 0.0774. The Bertz CT molecular complexity index is 905. The molecule has 174 valence electrons. The van der Waals surface area contributed by atoms with Gasteiger partial charge in [-0.3, -0.25) is 4.79 Å². The number of hydrogen-bond donors (Lipinski definition) is 1. The first-order chi connectivity index (χ1) is 15.3.